The standard InChI is InChI=1S/C8H16BrNO2/c1-4-12-8(2,3)6-10-7(11)5-9/h4-6H2,1-3H3,(H,10,11). The molecule has 0 radical (unpaired) electrons. The van der Waals surface area contributed by atoms with Crippen LogP contribution in [0.5, 0.6) is 0 Å². The van der Waals surface area contributed by atoms with E-state index in [0.717, 1.165) is 0 Å². The highest BCUT2D eigenvalue weighted by atomic mass is 79.9. The molecular formula is C8H16BrNO2. The molecule has 0 aromatic rings. The van der Waals surface area contributed by atoms with Gasteiger partial charge < -0.3 is 10.1 Å². The molecule has 0 saturated carbocycles. The lowest BCUT2D eigenvalue weighted by Crippen LogP contribution is -2.40. The van der Waals surface area contributed by atoms with Crippen LogP contribution in [0.4, 0.5) is 0 Å². The Bertz CT molecular complexity index is 148. The average Bonchev–Trinajstić information content (AvgIpc) is 2.00. The van der Waals surface area contributed by atoms with Crippen molar-refractivity contribution in [3.63, 3.8) is 0 Å². The van der Waals surface area contributed by atoms with Crippen molar-refractivity contribution in [2.45, 2.75) is 26.4 Å². The fourth-order valence-electron chi connectivity index (χ4n) is 0.800. The highest BCUT2D eigenvalue weighted by Crippen LogP contribution is 2.06. The number of ether oxygens (including phenoxy) is 1. The number of hydrogen-bond acceptors (Lipinski definition) is 2. The molecule has 0 atom stereocenters. The zero-order chi connectivity index (χ0) is 9.61. The molecule has 0 aromatic heterocycles. The molecule has 0 aliphatic rings. The summed E-state index contributed by atoms with van der Waals surface area (Å²) in [4.78, 5) is 10.8. The second-order valence-corrected chi connectivity index (χ2v) is 3.66. The van der Waals surface area contributed by atoms with E-state index in [4.69, 9.17) is 4.74 Å². The van der Waals surface area contributed by atoms with Crippen LogP contribution in [-0.2, 0) is 9.53 Å². The van der Waals surface area contributed by atoms with E-state index in [1.165, 1.54) is 0 Å². The molecule has 4 heteroatoms. The molecule has 12 heavy (non-hydrogen) atoms. The Morgan fingerprint density at radius 2 is 2.17 bits per heavy atom. The zero-order valence-electron chi connectivity index (χ0n) is 7.82. The first kappa shape index (κ1) is 11.9. The van der Waals surface area contributed by atoms with Crippen molar-refractivity contribution in [2.24, 2.45) is 0 Å². The molecule has 0 aliphatic carbocycles. The minimum Gasteiger partial charge on any atom is -0.374 e. The summed E-state index contributed by atoms with van der Waals surface area (Å²) in [6, 6.07) is 0. The Morgan fingerprint density at radius 1 is 1.58 bits per heavy atom. The van der Waals surface area contributed by atoms with Gasteiger partial charge in [0, 0.05) is 13.2 Å². The van der Waals surface area contributed by atoms with Crippen molar-refractivity contribution >= 4 is 21.8 Å². The number of carbonyl (C=O) groups excluding carboxylic acids is 1. The van der Waals surface area contributed by atoms with Gasteiger partial charge in [0.2, 0.25) is 5.91 Å². The van der Waals surface area contributed by atoms with Crippen molar-refractivity contribution in [1.29, 1.82) is 0 Å². The summed E-state index contributed by atoms with van der Waals surface area (Å²) in [7, 11) is 0. The summed E-state index contributed by atoms with van der Waals surface area (Å²) in [5.74, 6) is -0.0113. The second-order valence-electron chi connectivity index (χ2n) is 3.10. The molecular weight excluding hydrogens is 222 g/mol. The number of alkyl halides is 1. The van der Waals surface area contributed by atoms with E-state index < -0.39 is 0 Å². The smallest absolute Gasteiger partial charge is 0.230 e. The monoisotopic (exact) mass is 237 g/mol. The van der Waals surface area contributed by atoms with Gasteiger partial charge in [0.15, 0.2) is 0 Å². The predicted molar refractivity (Wildman–Crippen MR) is 52.5 cm³/mol. The van der Waals surface area contributed by atoms with Crippen molar-refractivity contribution in [2.75, 3.05) is 18.5 Å². The highest BCUT2D eigenvalue weighted by Gasteiger charge is 2.17. The first-order valence-electron chi connectivity index (χ1n) is 3.98. The van der Waals surface area contributed by atoms with Gasteiger partial charge in [-0.1, -0.05) is 15.9 Å². The minimum atomic E-state index is -0.271. The molecule has 0 saturated heterocycles. The van der Waals surface area contributed by atoms with Gasteiger partial charge >= 0.3 is 0 Å². The van der Waals surface area contributed by atoms with E-state index in [2.05, 4.69) is 21.2 Å². The maximum atomic E-state index is 10.8. The van der Waals surface area contributed by atoms with Gasteiger partial charge in [0.05, 0.1) is 10.9 Å². The Labute approximate surface area is 82.0 Å². The van der Waals surface area contributed by atoms with Crippen molar-refractivity contribution in [3.05, 3.63) is 0 Å². The average molecular weight is 238 g/mol. The minimum absolute atomic E-state index is 0.0113. The van der Waals surface area contributed by atoms with Crippen molar-refractivity contribution in [1.82, 2.24) is 5.32 Å². The fraction of sp³-hybridized carbons (Fsp3) is 0.875. The maximum Gasteiger partial charge on any atom is 0.230 e. The van der Waals surface area contributed by atoms with Gasteiger partial charge in [-0.3, -0.25) is 4.79 Å². The van der Waals surface area contributed by atoms with E-state index in [1.807, 2.05) is 20.8 Å². The van der Waals surface area contributed by atoms with Crippen LogP contribution in [0.2, 0.25) is 0 Å². The summed E-state index contributed by atoms with van der Waals surface area (Å²) in [5.41, 5.74) is -0.271. The molecule has 1 N–H and O–H groups in total. The van der Waals surface area contributed by atoms with Crippen LogP contribution in [0.25, 0.3) is 0 Å². The molecule has 0 rings (SSSR count). The third-order valence-electron chi connectivity index (χ3n) is 1.37. The quantitative estimate of drug-likeness (QED) is 0.733. The van der Waals surface area contributed by atoms with Gasteiger partial charge in [-0.2, -0.15) is 0 Å². The molecule has 0 bridgehead atoms. The number of nitrogens with one attached hydrogen (secondary N) is 1. The number of rotatable bonds is 5. The van der Waals surface area contributed by atoms with Crippen LogP contribution in [0.1, 0.15) is 20.8 Å². The van der Waals surface area contributed by atoms with Crippen LogP contribution in [0.15, 0.2) is 0 Å². The molecule has 0 spiro atoms. The molecule has 0 heterocycles. The number of amides is 1. The number of hydrogen-bond donors (Lipinski definition) is 1. The van der Waals surface area contributed by atoms with Crippen LogP contribution < -0.4 is 5.32 Å². The summed E-state index contributed by atoms with van der Waals surface area (Å²) < 4.78 is 5.39. The molecule has 0 fully saturated rings. The van der Waals surface area contributed by atoms with E-state index in [0.29, 0.717) is 18.5 Å². The van der Waals surface area contributed by atoms with Crippen molar-refractivity contribution < 1.29 is 9.53 Å². The fourth-order valence-corrected chi connectivity index (χ4v) is 0.999. The van der Waals surface area contributed by atoms with E-state index in [-0.39, 0.29) is 11.5 Å². The van der Waals surface area contributed by atoms with Gasteiger partial charge in [-0.05, 0) is 20.8 Å². The van der Waals surface area contributed by atoms with Gasteiger partial charge in [0.25, 0.3) is 0 Å². The SMILES string of the molecule is CCOC(C)(C)CNC(=O)CBr. The Kier molecular flexibility index (Phi) is 5.50. The molecule has 3 nitrogen and oxygen atoms in total. The summed E-state index contributed by atoms with van der Waals surface area (Å²) in [5, 5.41) is 3.09. The first-order valence-corrected chi connectivity index (χ1v) is 5.10. The molecule has 1 amide bonds. The lowest BCUT2D eigenvalue weighted by molar-refractivity contribution is -0.120. The van der Waals surface area contributed by atoms with E-state index >= 15 is 0 Å². The van der Waals surface area contributed by atoms with Gasteiger partial charge in [-0.25, -0.2) is 0 Å². The predicted octanol–water partition coefficient (Wildman–Crippen LogP) is 1.31. The van der Waals surface area contributed by atoms with E-state index in [1.54, 1.807) is 0 Å². The molecule has 0 aromatic carbocycles. The van der Waals surface area contributed by atoms with Crippen LogP contribution in [0.3, 0.4) is 0 Å². The second kappa shape index (κ2) is 5.54. The Hall–Kier alpha value is -0.0900. The van der Waals surface area contributed by atoms with Gasteiger partial charge in [0.1, 0.15) is 0 Å². The van der Waals surface area contributed by atoms with Crippen LogP contribution in [-0.4, -0.2) is 30.0 Å². The van der Waals surface area contributed by atoms with E-state index in [9.17, 15) is 4.79 Å². The third-order valence-corrected chi connectivity index (χ3v) is 1.88. The third kappa shape index (κ3) is 5.55. The largest absolute Gasteiger partial charge is 0.374 e. The highest BCUT2D eigenvalue weighted by molar-refractivity contribution is 9.09. The number of carbonyl (C=O) groups is 1. The summed E-state index contributed by atoms with van der Waals surface area (Å²) in [6.45, 7) is 7.05. The first-order chi connectivity index (χ1) is 5.52. The summed E-state index contributed by atoms with van der Waals surface area (Å²) in [6.07, 6.45) is 0. The lowest BCUT2D eigenvalue weighted by Gasteiger charge is -2.24. The zero-order valence-corrected chi connectivity index (χ0v) is 9.40. The Morgan fingerprint density at radius 3 is 2.58 bits per heavy atom. The topological polar surface area (TPSA) is 38.3 Å². The van der Waals surface area contributed by atoms with Crippen molar-refractivity contribution in [3.8, 4) is 0 Å². The summed E-state index contributed by atoms with van der Waals surface area (Å²) >= 11 is 3.07. The normalized spacial score (nSPS) is 11.3. The maximum absolute atomic E-state index is 10.8. The molecule has 0 unspecified atom stereocenters. The molecule has 0 aliphatic heterocycles. The van der Waals surface area contributed by atoms with Crippen LogP contribution in [0, 0.1) is 0 Å². The Balaban J connectivity index is 3.67. The van der Waals surface area contributed by atoms with Gasteiger partial charge in [-0.15, -0.1) is 0 Å². The van der Waals surface area contributed by atoms with Crippen LogP contribution >= 0.6 is 15.9 Å². The number of halogens is 1. The lowest BCUT2D eigenvalue weighted by atomic mass is 10.1. The molecule has 72 valence electrons.